The first-order chi connectivity index (χ1) is 20.3. The number of hydrogen-bond acceptors (Lipinski definition) is 5. The van der Waals surface area contributed by atoms with E-state index in [-0.39, 0.29) is 39.2 Å². The van der Waals surface area contributed by atoms with Crippen molar-refractivity contribution in [2.75, 3.05) is 31.6 Å². The van der Waals surface area contributed by atoms with Crippen LogP contribution in [0.4, 0.5) is 14.5 Å². The topological polar surface area (TPSA) is 62.8 Å². The van der Waals surface area contributed by atoms with Crippen molar-refractivity contribution in [1.29, 1.82) is 0 Å². The Hall–Kier alpha value is -3.36. The van der Waals surface area contributed by atoms with E-state index in [0.29, 0.717) is 42.3 Å². The van der Waals surface area contributed by atoms with E-state index < -0.39 is 23.1 Å². The van der Waals surface area contributed by atoms with Gasteiger partial charge in [0, 0.05) is 49.3 Å². The van der Waals surface area contributed by atoms with Crippen molar-refractivity contribution < 1.29 is 23.0 Å². The summed E-state index contributed by atoms with van der Waals surface area (Å²) in [7, 11) is 1.49. The van der Waals surface area contributed by atoms with Crippen LogP contribution in [0.15, 0.2) is 42.5 Å². The number of hydrogen-bond donors (Lipinski definition) is 2. The zero-order chi connectivity index (χ0) is 28.8. The summed E-state index contributed by atoms with van der Waals surface area (Å²) in [6.07, 6.45) is 5.45. The highest BCUT2D eigenvalue weighted by atomic mass is 35.5. The van der Waals surface area contributed by atoms with Gasteiger partial charge >= 0.3 is 0 Å². The molecule has 0 aromatic heterocycles. The summed E-state index contributed by atoms with van der Waals surface area (Å²) >= 11 is 6.76. The zero-order valence-corrected chi connectivity index (χ0v) is 24.1. The third-order valence-corrected chi connectivity index (χ3v) is 10.6. The molecule has 3 aromatic rings. The number of fused-ring (bicyclic) bond motifs is 4. The molecule has 1 amide bonds. The lowest BCUT2D eigenvalue weighted by Gasteiger charge is -2.36. The molecule has 2 N–H and O–H groups in total. The number of ether oxygens (including phenoxy) is 2. The molecule has 4 aliphatic heterocycles. The first-order valence-corrected chi connectivity index (χ1v) is 15.2. The Morgan fingerprint density at radius 2 is 1.95 bits per heavy atom. The number of rotatable bonds is 4. The quantitative estimate of drug-likeness (QED) is 0.391. The van der Waals surface area contributed by atoms with E-state index in [1.54, 1.807) is 6.07 Å². The molecule has 4 heterocycles. The molecule has 0 bridgehead atoms. The van der Waals surface area contributed by atoms with Crippen LogP contribution in [-0.4, -0.2) is 44.7 Å². The van der Waals surface area contributed by atoms with Gasteiger partial charge in [0.15, 0.2) is 11.4 Å². The van der Waals surface area contributed by atoms with Crippen molar-refractivity contribution in [2.45, 2.75) is 56.2 Å². The van der Waals surface area contributed by atoms with Gasteiger partial charge in [-0.25, -0.2) is 8.78 Å². The van der Waals surface area contributed by atoms with E-state index in [4.69, 9.17) is 21.1 Å². The molecular weight excluding hydrogens is 560 g/mol. The Morgan fingerprint density at radius 3 is 2.69 bits per heavy atom. The van der Waals surface area contributed by atoms with Crippen LogP contribution in [0.1, 0.15) is 53.6 Å². The molecule has 1 saturated carbocycles. The van der Waals surface area contributed by atoms with Gasteiger partial charge in [-0.2, -0.15) is 0 Å². The molecule has 3 aromatic carbocycles. The first kappa shape index (κ1) is 26.3. The number of anilines is 1. The standard InChI is InChI=1S/C33H32ClF2N3O3/c1-37-31(40)20-12-24-30(39-11-5-8-19(39)16-41-24)29(36)27(20)26-21-14-33(18-6-3-2-4-7-18,25-15-32(9-10-32)17-38-25)42-23(21)13-22(35)28(26)34/h2-4,6-7,12-13,19,25,38H,5,8-11,14-17H2,1H3,(H,37,40)/t19?,25-,33-/m0/s1. The average Bonchev–Trinajstić information content (AvgIpc) is 3.32. The molecule has 0 radical (unpaired) electrons. The van der Waals surface area contributed by atoms with Gasteiger partial charge in [0.25, 0.3) is 5.91 Å². The monoisotopic (exact) mass is 591 g/mol. The van der Waals surface area contributed by atoms with Crippen LogP contribution in [0, 0.1) is 17.0 Å². The van der Waals surface area contributed by atoms with Gasteiger partial charge in [-0.05, 0) is 49.1 Å². The number of carbonyl (C=O) groups is 1. The van der Waals surface area contributed by atoms with Gasteiger partial charge in [0.2, 0.25) is 0 Å². The smallest absolute Gasteiger partial charge is 0.251 e. The third-order valence-electron chi connectivity index (χ3n) is 10.2. The van der Waals surface area contributed by atoms with E-state index in [9.17, 15) is 4.79 Å². The summed E-state index contributed by atoms with van der Waals surface area (Å²) in [6.45, 7) is 2.02. The molecule has 9 heteroatoms. The molecule has 3 fully saturated rings. The van der Waals surface area contributed by atoms with E-state index in [2.05, 4.69) is 10.6 Å². The molecule has 8 rings (SSSR count). The maximum absolute atomic E-state index is 17.0. The Labute approximate surface area is 248 Å². The van der Waals surface area contributed by atoms with E-state index in [1.165, 1.54) is 26.0 Å². The van der Waals surface area contributed by atoms with E-state index in [1.807, 2.05) is 35.2 Å². The number of amides is 1. The van der Waals surface area contributed by atoms with Gasteiger partial charge in [0.1, 0.15) is 29.6 Å². The molecule has 5 aliphatic rings. The Kier molecular flexibility index (Phi) is 5.83. The van der Waals surface area contributed by atoms with Crippen LogP contribution < -0.4 is 25.0 Å². The maximum atomic E-state index is 17.0. The van der Waals surface area contributed by atoms with E-state index >= 15 is 8.78 Å². The summed E-state index contributed by atoms with van der Waals surface area (Å²) in [5, 5.41) is 6.12. The summed E-state index contributed by atoms with van der Waals surface area (Å²) in [4.78, 5) is 15.3. The second kappa shape index (κ2) is 9.32. The molecule has 1 spiro atoms. The molecule has 1 unspecified atom stereocenters. The summed E-state index contributed by atoms with van der Waals surface area (Å²) < 4.78 is 45.5. The fourth-order valence-electron chi connectivity index (χ4n) is 7.79. The number of nitrogens with zero attached hydrogens (tertiary/aromatic N) is 1. The predicted octanol–water partition coefficient (Wildman–Crippen LogP) is 5.98. The molecule has 6 nitrogen and oxygen atoms in total. The Morgan fingerprint density at radius 1 is 1.14 bits per heavy atom. The van der Waals surface area contributed by atoms with Crippen molar-refractivity contribution in [1.82, 2.24) is 10.6 Å². The normalized spacial score (nSPS) is 26.3. The van der Waals surface area contributed by atoms with Gasteiger partial charge in [0.05, 0.1) is 22.7 Å². The number of nitrogens with one attached hydrogen (secondary N) is 2. The Bertz CT molecular complexity index is 1630. The fourth-order valence-corrected chi connectivity index (χ4v) is 8.05. The minimum atomic E-state index is -0.845. The third kappa shape index (κ3) is 3.73. The molecular formula is C33H32ClF2N3O3. The SMILES string of the molecule is CNC(=O)c1cc2c(c(F)c1-c1c(Cl)c(F)cc3c1C[C@](c1ccccc1)([C@@H]1CC4(CC4)CN1)O3)N1CCCC1CO2. The van der Waals surface area contributed by atoms with Crippen LogP contribution >= 0.6 is 11.6 Å². The molecule has 1 aliphatic carbocycles. The second-order valence-electron chi connectivity index (χ2n) is 12.5. The number of carbonyl (C=O) groups excluding carboxylic acids is 1. The van der Waals surface area contributed by atoms with Crippen molar-refractivity contribution in [3.63, 3.8) is 0 Å². The molecule has 218 valence electrons. The van der Waals surface area contributed by atoms with Gasteiger partial charge in [-0.15, -0.1) is 0 Å². The van der Waals surface area contributed by atoms with Gasteiger partial charge in [-0.3, -0.25) is 4.79 Å². The van der Waals surface area contributed by atoms with Crippen LogP contribution in [0.5, 0.6) is 11.5 Å². The molecule has 42 heavy (non-hydrogen) atoms. The summed E-state index contributed by atoms with van der Waals surface area (Å²) in [6, 6.07) is 12.9. The van der Waals surface area contributed by atoms with Gasteiger partial charge < -0.3 is 25.0 Å². The molecule has 2 saturated heterocycles. The predicted molar refractivity (Wildman–Crippen MR) is 157 cm³/mol. The van der Waals surface area contributed by atoms with Crippen LogP contribution in [0.2, 0.25) is 5.02 Å². The highest BCUT2D eigenvalue weighted by Crippen LogP contribution is 2.58. The lowest BCUT2D eigenvalue weighted by molar-refractivity contribution is 0.0521. The van der Waals surface area contributed by atoms with Crippen molar-refractivity contribution in [3.05, 3.63) is 75.8 Å². The maximum Gasteiger partial charge on any atom is 0.251 e. The largest absolute Gasteiger partial charge is 0.489 e. The van der Waals surface area contributed by atoms with Crippen LogP contribution in [-0.2, 0) is 12.0 Å². The lowest BCUT2D eigenvalue weighted by Crippen LogP contribution is -2.48. The minimum Gasteiger partial charge on any atom is -0.489 e. The summed E-state index contributed by atoms with van der Waals surface area (Å²) in [5.41, 5.74) is 1.50. The fraction of sp³-hybridized carbons (Fsp3) is 0.424. The van der Waals surface area contributed by atoms with Crippen LogP contribution in [0.3, 0.4) is 0 Å². The lowest BCUT2D eigenvalue weighted by atomic mass is 9.79. The number of halogens is 3. The van der Waals surface area contributed by atoms with Crippen molar-refractivity contribution in [3.8, 4) is 22.6 Å². The molecule has 3 atom stereocenters. The minimum absolute atomic E-state index is 0.0181. The van der Waals surface area contributed by atoms with Crippen LogP contribution in [0.25, 0.3) is 11.1 Å². The van der Waals surface area contributed by atoms with E-state index in [0.717, 1.165) is 31.4 Å². The first-order valence-electron chi connectivity index (χ1n) is 14.8. The average molecular weight is 592 g/mol. The van der Waals surface area contributed by atoms with Crippen molar-refractivity contribution >= 4 is 23.2 Å². The summed E-state index contributed by atoms with van der Waals surface area (Å²) in [5.74, 6) is -1.21. The second-order valence-corrected chi connectivity index (χ2v) is 12.9. The number of benzene rings is 3. The highest BCUT2D eigenvalue weighted by Gasteiger charge is 2.58. The zero-order valence-electron chi connectivity index (χ0n) is 23.4. The van der Waals surface area contributed by atoms with Crippen molar-refractivity contribution in [2.24, 2.45) is 5.41 Å². The highest BCUT2D eigenvalue weighted by molar-refractivity contribution is 6.34. The Balaban J connectivity index is 1.35. The van der Waals surface area contributed by atoms with Gasteiger partial charge in [-0.1, -0.05) is 41.9 Å².